The largest absolute Gasteiger partial charge is 0.507 e. The van der Waals surface area contributed by atoms with Gasteiger partial charge in [0.25, 0.3) is 5.91 Å². The second-order valence-corrected chi connectivity index (χ2v) is 7.09. The molecule has 25 heavy (non-hydrogen) atoms. The van der Waals surface area contributed by atoms with Crippen LogP contribution < -0.4 is 0 Å². The van der Waals surface area contributed by atoms with Crippen LogP contribution in [0.3, 0.4) is 0 Å². The SMILES string of the molecule is C[C@@H]1CN(CCO)CCN1C1=NC(=O)/C(=C/c2cc(F)ccc2O)S1. The molecule has 2 aliphatic rings. The van der Waals surface area contributed by atoms with Gasteiger partial charge in [0.15, 0.2) is 5.17 Å². The molecule has 1 aromatic rings. The van der Waals surface area contributed by atoms with Crippen LogP contribution in [0.5, 0.6) is 5.75 Å². The third kappa shape index (κ3) is 4.02. The van der Waals surface area contributed by atoms with E-state index in [1.807, 2.05) is 0 Å². The van der Waals surface area contributed by atoms with Crippen molar-refractivity contribution in [3.63, 3.8) is 0 Å². The quantitative estimate of drug-likeness (QED) is 0.791. The van der Waals surface area contributed by atoms with E-state index in [4.69, 9.17) is 5.11 Å². The number of carbonyl (C=O) groups excluding carboxylic acids is 1. The highest BCUT2D eigenvalue weighted by molar-refractivity contribution is 8.18. The molecule has 1 fully saturated rings. The molecule has 1 saturated heterocycles. The van der Waals surface area contributed by atoms with Crippen molar-refractivity contribution in [1.82, 2.24) is 9.80 Å². The molecule has 1 atom stereocenters. The Labute approximate surface area is 149 Å². The Balaban J connectivity index is 1.73. The van der Waals surface area contributed by atoms with Crippen molar-refractivity contribution in [2.75, 3.05) is 32.8 Å². The maximum Gasteiger partial charge on any atom is 0.286 e. The molecule has 0 unspecified atom stereocenters. The Hall–Kier alpha value is -1.90. The molecule has 1 amide bonds. The van der Waals surface area contributed by atoms with Gasteiger partial charge in [0.2, 0.25) is 0 Å². The highest BCUT2D eigenvalue weighted by Gasteiger charge is 2.32. The predicted octanol–water partition coefficient (Wildman–Crippen LogP) is 1.50. The number of aliphatic hydroxyl groups is 1. The van der Waals surface area contributed by atoms with Gasteiger partial charge in [0.05, 0.1) is 11.5 Å². The minimum Gasteiger partial charge on any atom is -0.507 e. The lowest BCUT2D eigenvalue weighted by Crippen LogP contribution is -2.53. The number of benzene rings is 1. The van der Waals surface area contributed by atoms with Crippen LogP contribution in [-0.4, -0.2) is 69.9 Å². The van der Waals surface area contributed by atoms with Crippen molar-refractivity contribution in [1.29, 1.82) is 0 Å². The monoisotopic (exact) mass is 365 g/mol. The Morgan fingerprint density at radius 2 is 2.24 bits per heavy atom. The number of amidine groups is 1. The van der Waals surface area contributed by atoms with Crippen molar-refractivity contribution in [2.45, 2.75) is 13.0 Å². The average molecular weight is 365 g/mol. The fourth-order valence-corrected chi connectivity index (χ4v) is 4.00. The number of halogens is 1. The van der Waals surface area contributed by atoms with E-state index in [1.54, 1.807) is 0 Å². The zero-order valence-electron chi connectivity index (χ0n) is 13.9. The Morgan fingerprint density at radius 3 is 2.96 bits per heavy atom. The summed E-state index contributed by atoms with van der Waals surface area (Å²) in [6, 6.07) is 3.78. The van der Waals surface area contributed by atoms with Gasteiger partial charge in [-0.3, -0.25) is 9.69 Å². The van der Waals surface area contributed by atoms with Crippen LogP contribution in [0.1, 0.15) is 12.5 Å². The number of amides is 1. The molecule has 0 radical (unpaired) electrons. The minimum atomic E-state index is -0.477. The molecule has 3 rings (SSSR count). The number of nitrogens with zero attached hydrogens (tertiary/aromatic N) is 3. The number of piperazine rings is 1. The van der Waals surface area contributed by atoms with Gasteiger partial charge >= 0.3 is 0 Å². The van der Waals surface area contributed by atoms with Crippen molar-refractivity contribution < 1.29 is 19.4 Å². The van der Waals surface area contributed by atoms with Crippen LogP contribution in [0, 0.1) is 5.82 Å². The molecule has 0 saturated carbocycles. The second-order valence-electron chi connectivity index (χ2n) is 6.08. The lowest BCUT2D eigenvalue weighted by molar-refractivity contribution is -0.113. The van der Waals surface area contributed by atoms with E-state index in [0.717, 1.165) is 25.7 Å². The van der Waals surface area contributed by atoms with E-state index in [1.165, 1.54) is 30.0 Å². The summed E-state index contributed by atoms with van der Waals surface area (Å²) in [6.07, 6.45) is 1.47. The Morgan fingerprint density at radius 1 is 1.44 bits per heavy atom. The summed E-state index contributed by atoms with van der Waals surface area (Å²) in [4.78, 5) is 20.9. The first-order chi connectivity index (χ1) is 12.0. The van der Waals surface area contributed by atoms with Gasteiger partial charge in [-0.2, -0.15) is 4.99 Å². The zero-order valence-corrected chi connectivity index (χ0v) is 14.7. The van der Waals surface area contributed by atoms with Gasteiger partial charge in [-0.1, -0.05) is 0 Å². The number of rotatable bonds is 3. The van der Waals surface area contributed by atoms with Crippen molar-refractivity contribution in [3.05, 3.63) is 34.5 Å². The summed E-state index contributed by atoms with van der Waals surface area (Å²) < 4.78 is 13.3. The van der Waals surface area contributed by atoms with Crippen molar-refractivity contribution in [2.24, 2.45) is 4.99 Å². The number of phenols is 1. The smallest absolute Gasteiger partial charge is 0.286 e. The van der Waals surface area contributed by atoms with Gasteiger partial charge in [0.1, 0.15) is 11.6 Å². The lowest BCUT2D eigenvalue weighted by atomic mass is 10.2. The third-order valence-corrected chi connectivity index (χ3v) is 5.28. The highest BCUT2D eigenvalue weighted by Crippen LogP contribution is 2.33. The molecule has 2 aliphatic heterocycles. The van der Waals surface area contributed by atoms with Gasteiger partial charge in [-0.05, 0) is 43.0 Å². The molecule has 0 aliphatic carbocycles. The normalized spacial score (nSPS) is 23.4. The Kier molecular flexibility index (Phi) is 5.41. The van der Waals surface area contributed by atoms with Crippen LogP contribution in [0.25, 0.3) is 6.08 Å². The summed E-state index contributed by atoms with van der Waals surface area (Å²) in [5, 5.41) is 19.5. The first-order valence-corrected chi connectivity index (χ1v) is 8.90. The maximum absolute atomic E-state index is 13.3. The van der Waals surface area contributed by atoms with Gasteiger partial charge in [0, 0.05) is 37.8 Å². The van der Waals surface area contributed by atoms with E-state index < -0.39 is 5.82 Å². The molecule has 0 bridgehead atoms. The number of aliphatic hydroxyl groups excluding tert-OH is 1. The van der Waals surface area contributed by atoms with Crippen LogP contribution in [0.2, 0.25) is 0 Å². The fraction of sp³-hybridized carbons (Fsp3) is 0.412. The number of aromatic hydroxyl groups is 1. The highest BCUT2D eigenvalue weighted by atomic mass is 32.2. The van der Waals surface area contributed by atoms with E-state index in [-0.39, 0.29) is 29.9 Å². The molecular weight excluding hydrogens is 345 g/mol. The molecule has 1 aromatic carbocycles. The van der Waals surface area contributed by atoms with Crippen LogP contribution in [-0.2, 0) is 4.79 Å². The molecule has 0 spiro atoms. The molecule has 2 heterocycles. The molecule has 6 nitrogen and oxygen atoms in total. The standard InChI is InChI=1S/C17H20FN3O3S/c1-11-10-20(6-7-22)4-5-21(11)17-19-16(24)15(25-17)9-12-8-13(18)2-3-14(12)23/h2-3,8-9,11,22-23H,4-7,10H2,1H3/b15-9-/t11-/m1/s1. The summed E-state index contributed by atoms with van der Waals surface area (Å²) in [7, 11) is 0. The number of carbonyl (C=O) groups is 1. The third-order valence-electron chi connectivity index (χ3n) is 4.26. The lowest BCUT2D eigenvalue weighted by Gasteiger charge is -2.40. The van der Waals surface area contributed by atoms with Gasteiger partial charge < -0.3 is 15.1 Å². The second kappa shape index (κ2) is 7.55. The number of hydrogen-bond acceptors (Lipinski definition) is 6. The molecule has 2 N–H and O–H groups in total. The first-order valence-electron chi connectivity index (χ1n) is 8.09. The van der Waals surface area contributed by atoms with Crippen molar-refractivity contribution in [3.8, 4) is 5.75 Å². The number of β-amino-alcohol motifs (C(OH)–C–C–N with tert-alkyl or cyclic N) is 1. The van der Waals surface area contributed by atoms with Crippen molar-refractivity contribution >= 4 is 28.9 Å². The van der Waals surface area contributed by atoms with Gasteiger partial charge in [-0.25, -0.2) is 4.39 Å². The Bertz CT molecular complexity index is 738. The zero-order chi connectivity index (χ0) is 18.0. The summed E-state index contributed by atoms with van der Waals surface area (Å²) in [5.74, 6) is -0.940. The summed E-state index contributed by atoms with van der Waals surface area (Å²) >= 11 is 1.24. The van der Waals surface area contributed by atoms with E-state index in [9.17, 15) is 14.3 Å². The summed E-state index contributed by atoms with van der Waals surface area (Å²) in [5.41, 5.74) is 0.258. The van der Waals surface area contributed by atoms with Crippen LogP contribution in [0.15, 0.2) is 28.1 Å². The number of phenolic OH excluding ortho intramolecular Hbond substituents is 1. The molecule has 8 heteroatoms. The van der Waals surface area contributed by atoms with E-state index in [2.05, 4.69) is 21.7 Å². The molecule has 134 valence electrons. The molecular formula is C17H20FN3O3S. The fourth-order valence-electron chi connectivity index (χ4n) is 2.96. The van der Waals surface area contributed by atoms with Crippen LogP contribution >= 0.6 is 11.8 Å². The van der Waals surface area contributed by atoms with Gasteiger partial charge in [-0.15, -0.1) is 0 Å². The first kappa shape index (κ1) is 17.9. The predicted molar refractivity (Wildman–Crippen MR) is 95.8 cm³/mol. The topological polar surface area (TPSA) is 76.4 Å². The van der Waals surface area contributed by atoms with Crippen LogP contribution in [0.4, 0.5) is 4.39 Å². The van der Waals surface area contributed by atoms with E-state index in [0.29, 0.717) is 16.6 Å². The minimum absolute atomic E-state index is 0.0817. The number of hydrogen-bond donors (Lipinski definition) is 2. The van der Waals surface area contributed by atoms with E-state index >= 15 is 0 Å². The average Bonchev–Trinajstić information content (AvgIpc) is 2.92. The maximum atomic E-state index is 13.3. The summed E-state index contributed by atoms with van der Waals surface area (Å²) in [6.45, 7) is 5.13. The molecule has 0 aromatic heterocycles. The number of aliphatic imine (C=N–C) groups is 1. The number of thioether (sulfide) groups is 1.